The van der Waals surface area contributed by atoms with Crippen LogP contribution in [0.5, 0.6) is 5.75 Å². The molecule has 0 unspecified atom stereocenters. The van der Waals surface area contributed by atoms with Crippen LogP contribution in [0.25, 0.3) is 16.9 Å². The average Bonchev–Trinajstić information content (AvgIpc) is 2.93. The van der Waals surface area contributed by atoms with Crippen LogP contribution in [-0.4, -0.2) is 87.5 Å². The van der Waals surface area contributed by atoms with Crippen LogP contribution in [0.2, 0.25) is 0 Å². The van der Waals surface area contributed by atoms with Crippen molar-refractivity contribution >= 4 is 29.1 Å². The third-order valence-corrected chi connectivity index (χ3v) is 8.47. The van der Waals surface area contributed by atoms with Crippen LogP contribution in [0, 0.1) is 11.8 Å². The number of rotatable bonds is 6. The Morgan fingerprint density at radius 3 is 2.48 bits per heavy atom. The van der Waals surface area contributed by atoms with Gasteiger partial charge >= 0.3 is 0 Å². The van der Waals surface area contributed by atoms with Crippen LogP contribution in [0.3, 0.4) is 0 Å². The Balaban J connectivity index is 1.67. The number of primary amides is 1. The number of phenolic OH excluding ortho intramolecular Hbond substituents is 1. The molecular formula is C30H32N4O8. The number of ketones is 2. The van der Waals surface area contributed by atoms with Gasteiger partial charge in [0.05, 0.1) is 11.6 Å². The Kier molecular flexibility index (Phi) is 7.17. The predicted octanol–water partition coefficient (Wildman–Crippen LogP) is 0.320. The number of nitrogens with zero attached hydrogens (tertiary/aromatic N) is 1. The topological polar surface area (TPSA) is 217 Å². The predicted molar refractivity (Wildman–Crippen MR) is 151 cm³/mol. The average molecular weight is 577 g/mol. The number of Topliss-reactive ketones (excluding diaryl/α,β-unsaturated/α-hetero) is 2. The molecule has 2 aromatic rings. The van der Waals surface area contributed by atoms with E-state index in [1.165, 1.54) is 11.0 Å². The highest BCUT2D eigenvalue weighted by molar-refractivity contribution is 6.24. The number of fused-ring (bicyclic) bond motifs is 3. The van der Waals surface area contributed by atoms with Crippen LogP contribution in [0.1, 0.15) is 27.9 Å². The van der Waals surface area contributed by atoms with E-state index in [1.54, 1.807) is 44.4 Å². The van der Waals surface area contributed by atoms with Crippen LogP contribution in [-0.2, 0) is 20.8 Å². The van der Waals surface area contributed by atoms with Gasteiger partial charge in [-0.05, 0) is 67.7 Å². The second-order valence-corrected chi connectivity index (χ2v) is 11.1. The summed E-state index contributed by atoms with van der Waals surface area (Å²) in [6.07, 6.45) is 0.101. The summed E-state index contributed by atoms with van der Waals surface area (Å²) in [7, 11) is 3.08. The molecule has 12 heteroatoms. The van der Waals surface area contributed by atoms with Gasteiger partial charge in [0.2, 0.25) is 5.78 Å². The third-order valence-electron chi connectivity index (χ3n) is 8.47. The van der Waals surface area contributed by atoms with Crippen molar-refractivity contribution in [3.63, 3.8) is 0 Å². The van der Waals surface area contributed by atoms with E-state index in [2.05, 4.69) is 5.32 Å². The molecular weight excluding hydrogens is 544 g/mol. The monoisotopic (exact) mass is 576 g/mol. The minimum atomic E-state index is -2.71. The molecule has 220 valence electrons. The maximum absolute atomic E-state index is 14.0. The zero-order valence-electron chi connectivity index (χ0n) is 23.0. The van der Waals surface area contributed by atoms with Crippen molar-refractivity contribution < 1.29 is 39.6 Å². The SMILES string of the molecule is CN(C)[C@@H]1C(=O)C(C(N)=O)=C(O)[C@@]2(O)C(=O)C3=C(O)c4c(O)ccc(-c5cccc(C(=O)NCCN)c5)c4C[C@H]3C[C@@H]12. The molecule has 5 rings (SSSR count). The molecule has 0 heterocycles. The van der Waals surface area contributed by atoms with Gasteiger partial charge in [-0.25, -0.2) is 0 Å². The first-order valence-corrected chi connectivity index (χ1v) is 13.4. The van der Waals surface area contributed by atoms with Crippen molar-refractivity contribution in [1.29, 1.82) is 0 Å². The number of aromatic hydroxyl groups is 1. The van der Waals surface area contributed by atoms with Gasteiger partial charge < -0.3 is 37.2 Å². The van der Waals surface area contributed by atoms with E-state index in [0.29, 0.717) is 28.8 Å². The first-order chi connectivity index (χ1) is 19.8. The standard InChI is InChI=1S/C30H32N4O8/c1-34(2)23-18-12-15-11-17-16(13-4-3-5-14(10-13)29(41)33-9-8-31)6-7-19(35)21(17)24(36)20(15)26(38)30(18,42)27(39)22(25(23)37)28(32)40/h3-7,10,15,18,23,35-36,39,42H,8-9,11-12,31H2,1-2H3,(H2,32,40)(H,33,41)/t15-,18-,23-,30-/m0/s1. The summed E-state index contributed by atoms with van der Waals surface area (Å²) in [4.78, 5) is 53.4. The van der Waals surface area contributed by atoms with Crippen molar-refractivity contribution in [3.05, 3.63) is 70.0 Å². The summed E-state index contributed by atoms with van der Waals surface area (Å²) >= 11 is 0. The number of nitrogens with one attached hydrogen (secondary N) is 1. The fourth-order valence-electron chi connectivity index (χ4n) is 6.63. The van der Waals surface area contributed by atoms with Crippen LogP contribution < -0.4 is 16.8 Å². The summed E-state index contributed by atoms with van der Waals surface area (Å²) in [6.45, 7) is 0.573. The van der Waals surface area contributed by atoms with E-state index >= 15 is 0 Å². The number of carbonyl (C=O) groups is 4. The zero-order valence-corrected chi connectivity index (χ0v) is 23.0. The van der Waals surface area contributed by atoms with Crippen molar-refractivity contribution in [2.24, 2.45) is 23.3 Å². The number of aliphatic hydroxyl groups is 3. The molecule has 2 aromatic carbocycles. The Morgan fingerprint density at radius 1 is 1.12 bits per heavy atom. The molecule has 1 saturated carbocycles. The fourth-order valence-corrected chi connectivity index (χ4v) is 6.63. The molecule has 0 saturated heterocycles. The van der Waals surface area contributed by atoms with E-state index in [-0.39, 0.29) is 42.2 Å². The number of nitrogens with two attached hydrogens (primary N) is 2. The highest BCUT2D eigenvalue weighted by atomic mass is 16.3. The number of hydrogen-bond donors (Lipinski definition) is 7. The van der Waals surface area contributed by atoms with Gasteiger partial charge in [-0.1, -0.05) is 18.2 Å². The lowest BCUT2D eigenvalue weighted by atomic mass is 9.57. The number of aliphatic hydroxyl groups excluding tert-OH is 2. The Bertz CT molecular complexity index is 1610. The largest absolute Gasteiger partial charge is 0.508 e. The first-order valence-electron chi connectivity index (χ1n) is 13.4. The molecule has 0 aromatic heterocycles. The van der Waals surface area contributed by atoms with Gasteiger partial charge in [-0.2, -0.15) is 0 Å². The number of hydrogen-bond acceptors (Lipinski definition) is 10. The lowest BCUT2D eigenvalue weighted by Crippen LogP contribution is -2.65. The highest BCUT2D eigenvalue weighted by Gasteiger charge is 2.64. The van der Waals surface area contributed by atoms with E-state index in [9.17, 15) is 39.6 Å². The third kappa shape index (κ3) is 4.18. The summed E-state index contributed by atoms with van der Waals surface area (Å²) in [5, 5.41) is 47.7. The van der Waals surface area contributed by atoms with Crippen LogP contribution in [0.15, 0.2) is 53.3 Å². The van der Waals surface area contributed by atoms with Gasteiger partial charge in [0.15, 0.2) is 11.4 Å². The highest BCUT2D eigenvalue weighted by Crippen LogP contribution is 2.53. The number of phenols is 1. The Morgan fingerprint density at radius 2 is 1.83 bits per heavy atom. The van der Waals surface area contributed by atoms with E-state index in [1.807, 2.05) is 0 Å². The second-order valence-electron chi connectivity index (χ2n) is 11.1. The molecule has 12 nitrogen and oxygen atoms in total. The minimum Gasteiger partial charge on any atom is -0.508 e. The molecule has 3 aliphatic carbocycles. The van der Waals surface area contributed by atoms with Crippen LogP contribution in [0.4, 0.5) is 0 Å². The number of amides is 2. The van der Waals surface area contributed by atoms with Gasteiger partial charge in [-0.3, -0.25) is 24.1 Å². The molecule has 9 N–H and O–H groups in total. The van der Waals surface area contributed by atoms with Crippen molar-refractivity contribution in [3.8, 4) is 16.9 Å². The minimum absolute atomic E-state index is 0.0254. The molecule has 4 atom stereocenters. The van der Waals surface area contributed by atoms with Crippen molar-refractivity contribution in [2.75, 3.05) is 27.2 Å². The van der Waals surface area contributed by atoms with Gasteiger partial charge in [-0.15, -0.1) is 0 Å². The summed E-state index contributed by atoms with van der Waals surface area (Å²) in [5.41, 5.74) is 9.11. The molecule has 0 aliphatic heterocycles. The summed E-state index contributed by atoms with van der Waals surface area (Å²) < 4.78 is 0. The molecule has 2 amide bonds. The molecule has 42 heavy (non-hydrogen) atoms. The maximum atomic E-state index is 14.0. The fraction of sp³-hybridized carbons (Fsp3) is 0.333. The first kappa shape index (κ1) is 29.0. The summed E-state index contributed by atoms with van der Waals surface area (Å²) in [6, 6.07) is 8.58. The number of carbonyl (C=O) groups excluding carboxylic acids is 4. The molecule has 0 radical (unpaired) electrons. The van der Waals surface area contributed by atoms with E-state index in [0.717, 1.165) is 0 Å². The molecule has 3 aliphatic rings. The van der Waals surface area contributed by atoms with Gasteiger partial charge in [0.1, 0.15) is 22.8 Å². The summed E-state index contributed by atoms with van der Waals surface area (Å²) in [5.74, 6) is -7.44. The van der Waals surface area contributed by atoms with Crippen molar-refractivity contribution in [2.45, 2.75) is 24.5 Å². The second kappa shape index (κ2) is 10.4. The normalized spacial score (nSPS) is 25.2. The number of benzene rings is 2. The van der Waals surface area contributed by atoms with E-state index in [4.69, 9.17) is 11.5 Å². The molecule has 0 spiro atoms. The zero-order chi connectivity index (χ0) is 30.7. The van der Waals surface area contributed by atoms with E-state index < -0.39 is 58.0 Å². The van der Waals surface area contributed by atoms with Gasteiger partial charge in [0, 0.05) is 30.1 Å². The lowest BCUT2D eigenvalue weighted by Gasteiger charge is -2.50. The Hall–Kier alpha value is -4.52. The van der Waals surface area contributed by atoms with Crippen LogP contribution >= 0.6 is 0 Å². The molecule has 1 fully saturated rings. The maximum Gasteiger partial charge on any atom is 0.255 e. The number of likely N-dealkylation sites (N-methyl/N-ethyl adjacent to an activating group) is 1. The van der Waals surface area contributed by atoms with Gasteiger partial charge in [0.25, 0.3) is 11.8 Å². The lowest BCUT2D eigenvalue weighted by molar-refractivity contribution is -0.153. The smallest absolute Gasteiger partial charge is 0.255 e. The quantitative estimate of drug-likeness (QED) is 0.234. The van der Waals surface area contributed by atoms with Crippen molar-refractivity contribution in [1.82, 2.24) is 10.2 Å². The Labute approximate surface area is 240 Å². The molecule has 0 bridgehead atoms.